The van der Waals surface area contributed by atoms with Gasteiger partial charge in [0, 0.05) is 52.4 Å². The number of hydrogen-bond donors (Lipinski definition) is 1. The highest BCUT2D eigenvalue weighted by Gasteiger charge is 2.20. The van der Waals surface area contributed by atoms with Crippen LogP contribution in [-0.2, 0) is 4.74 Å². The van der Waals surface area contributed by atoms with Crippen molar-refractivity contribution in [2.75, 3.05) is 77.0 Å². The molecule has 1 aromatic rings. The Bertz CT molecular complexity index is 499. The van der Waals surface area contributed by atoms with Crippen LogP contribution in [0, 0.1) is 0 Å². The number of anilines is 1. The second-order valence-electron chi connectivity index (χ2n) is 6.12. The summed E-state index contributed by atoms with van der Waals surface area (Å²) in [4.78, 5) is 12.2. The van der Waals surface area contributed by atoms with Gasteiger partial charge in [-0.2, -0.15) is 0 Å². The average molecular weight is 479 g/mol. The maximum atomic E-state index is 5.40. The summed E-state index contributed by atoms with van der Waals surface area (Å²) in [6, 6.07) is 4.34. The standard InChI is InChI=1S/C17H29N5OS.HI/c1-2-18-17(19-5-6-20-11-13-23-14-12-20)22-9-7-21(8-10-22)16-4-3-15-24-16;/h3-4,15H,2,5-14H2,1H3,(H,18,19);1H. The van der Waals surface area contributed by atoms with E-state index in [1.54, 1.807) is 0 Å². The van der Waals surface area contributed by atoms with Crippen molar-refractivity contribution in [3.05, 3.63) is 17.5 Å². The topological polar surface area (TPSA) is 43.3 Å². The summed E-state index contributed by atoms with van der Waals surface area (Å²) in [5, 5.41) is 6.99. The lowest BCUT2D eigenvalue weighted by atomic mass is 10.3. The molecule has 6 nitrogen and oxygen atoms in total. The highest BCUT2D eigenvalue weighted by Crippen LogP contribution is 2.22. The van der Waals surface area contributed by atoms with Crippen LogP contribution in [0.3, 0.4) is 0 Å². The molecule has 0 radical (unpaired) electrons. The van der Waals surface area contributed by atoms with E-state index in [2.05, 4.69) is 44.5 Å². The number of hydrogen-bond acceptors (Lipinski definition) is 5. The number of rotatable bonds is 5. The highest BCUT2D eigenvalue weighted by molar-refractivity contribution is 14.0. The molecule has 0 amide bonds. The second kappa shape index (κ2) is 11.2. The van der Waals surface area contributed by atoms with Crippen LogP contribution in [0.1, 0.15) is 6.92 Å². The van der Waals surface area contributed by atoms with Crippen molar-refractivity contribution in [2.45, 2.75) is 6.92 Å². The zero-order valence-corrected chi connectivity index (χ0v) is 18.2. The fourth-order valence-electron chi connectivity index (χ4n) is 3.14. The number of guanidine groups is 1. The van der Waals surface area contributed by atoms with Crippen LogP contribution in [0.25, 0.3) is 0 Å². The number of halogens is 1. The van der Waals surface area contributed by atoms with Gasteiger partial charge in [-0.05, 0) is 24.4 Å². The van der Waals surface area contributed by atoms with Gasteiger partial charge in [0.2, 0.25) is 0 Å². The molecule has 1 aromatic heterocycles. The normalized spacial score (nSPS) is 19.6. The maximum absolute atomic E-state index is 5.40. The monoisotopic (exact) mass is 479 g/mol. The zero-order chi connectivity index (χ0) is 16.6. The Morgan fingerprint density at radius 1 is 1.20 bits per heavy atom. The van der Waals surface area contributed by atoms with Gasteiger partial charge in [-0.15, -0.1) is 35.3 Å². The van der Waals surface area contributed by atoms with Crippen molar-refractivity contribution >= 4 is 46.3 Å². The minimum absolute atomic E-state index is 0. The van der Waals surface area contributed by atoms with E-state index < -0.39 is 0 Å². The predicted molar refractivity (Wildman–Crippen MR) is 117 cm³/mol. The van der Waals surface area contributed by atoms with E-state index in [9.17, 15) is 0 Å². The molecule has 1 N–H and O–H groups in total. The Kier molecular flexibility index (Phi) is 9.29. The fraction of sp³-hybridized carbons (Fsp3) is 0.706. The summed E-state index contributed by atoms with van der Waals surface area (Å²) in [6.07, 6.45) is 0. The second-order valence-corrected chi connectivity index (χ2v) is 7.04. The summed E-state index contributed by atoms with van der Waals surface area (Å²) < 4.78 is 5.40. The van der Waals surface area contributed by atoms with E-state index in [-0.39, 0.29) is 24.0 Å². The molecule has 0 bridgehead atoms. The third-order valence-corrected chi connectivity index (χ3v) is 5.44. The first-order valence-electron chi connectivity index (χ1n) is 8.98. The Morgan fingerprint density at radius 3 is 2.60 bits per heavy atom. The molecule has 3 rings (SSSR count). The van der Waals surface area contributed by atoms with E-state index in [1.807, 2.05) is 11.3 Å². The third kappa shape index (κ3) is 6.26. The molecule has 0 aliphatic carbocycles. The number of nitrogens with one attached hydrogen (secondary N) is 1. The molecule has 25 heavy (non-hydrogen) atoms. The van der Waals surface area contributed by atoms with Gasteiger partial charge in [0.05, 0.1) is 24.8 Å². The average Bonchev–Trinajstić information content (AvgIpc) is 3.17. The lowest BCUT2D eigenvalue weighted by Crippen LogP contribution is -2.52. The summed E-state index contributed by atoms with van der Waals surface area (Å²) in [6.45, 7) is 12.9. The number of ether oxygens (including phenoxy) is 1. The van der Waals surface area contributed by atoms with Gasteiger partial charge in [-0.25, -0.2) is 0 Å². The van der Waals surface area contributed by atoms with E-state index >= 15 is 0 Å². The van der Waals surface area contributed by atoms with Crippen molar-refractivity contribution in [3.8, 4) is 0 Å². The van der Waals surface area contributed by atoms with Crippen LogP contribution in [0.5, 0.6) is 0 Å². The summed E-state index contributed by atoms with van der Waals surface area (Å²) >= 11 is 1.82. The molecule has 0 spiro atoms. The number of aliphatic imine (C=N–C) groups is 1. The number of morpholine rings is 1. The smallest absolute Gasteiger partial charge is 0.194 e. The SMILES string of the molecule is CCNC(=NCCN1CCOCC1)N1CCN(c2cccs2)CC1.I. The highest BCUT2D eigenvalue weighted by atomic mass is 127. The lowest BCUT2D eigenvalue weighted by Gasteiger charge is -2.37. The molecule has 2 fully saturated rings. The van der Waals surface area contributed by atoms with Crippen molar-refractivity contribution < 1.29 is 4.74 Å². The molecule has 142 valence electrons. The largest absolute Gasteiger partial charge is 0.379 e. The fourth-order valence-corrected chi connectivity index (χ4v) is 3.92. The molecule has 2 saturated heterocycles. The van der Waals surface area contributed by atoms with E-state index in [4.69, 9.17) is 9.73 Å². The van der Waals surface area contributed by atoms with Crippen LogP contribution in [0.15, 0.2) is 22.5 Å². The zero-order valence-electron chi connectivity index (χ0n) is 15.0. The molecule has 8 heteroatoms. The molecular formula is C17H30IN5OS. The van der Waals surface area contributed by atoms with E-state index in [1.165, 1.54) is 5.00 Å². The predicted octanol–water partition coefficient (Wildman–Crippen LogP) is 1.79. The minimum atomic E-state index is 0. The number of nitrogens with zero attached hydrogens (tertiary/aromatic N) is 4. The Labute approximate surface area is 172 Å². The molecule has 0 unspecified atom stereocenters. The quantitative estimate of drug-likeness (QED) is 0.397. The van der Waals surface area contributed by atoms with Gasteiger partial charge in [0.15, 0.2) is 5.96 Å². The van der Waals surface area contributed by atoms with Gasteiger partial charge in [-0.1, -0.05) is 0 Å². The summed E-state index contributed by atoms with van der Waals surface area (Å²) in [5.41, 5.74) is 0. The van der Waals surface area contributed by atoms with Crippen molar-refractivity contribution in [1.82, 2.24) is 15.1 Å². The van der Waals surface area contributed by atoms with Gasteiger partial charge in [0.25, 0.3) is 0 Å². The number of thiophene rings is 1. The van der Waals surface area contributed by atoms with Crippen LogP contribution < -0.4 is 10.2 Å². The first-order chi connectivity index (χ1) is 11.9. The van der Waals surface area contributed by atoms with E-state index in [0.717, 1.165) is 78.1 Å². The van der Waals surface area contributed by atoms with Crippen molar-refractivity contribution in [3.63, 3.8) is 0 Å². The van der Waals surface area contributed by atoms with Crippen LogP contribution in [-0.4, -0.2) is 87.9 Å². The third-order valence-electron chi connectivity index (χ3n) is 4.51. The maximum Gasteiger partial charge on any atom is 0.194 e. The summed E-state index contributed by atoms with van der Waals surface area (Å²) in [5.74, 6) is 1.07. The Morgan fingerprint density at radius 2 is 1.96 bits per heavy atom. The molecular weight excluding hydrogens is 449 g/mol. The van der Waals surface area contributed by atoms with Crippen LogP contribution in [0.4, 0.5) is 5.00 Å². The number of piperazine rings is 1. The van der Waals surface area contributed by atoms with Gasteiger partial charge in [-0.3, -0.25) is 9.89 Å². The Hall–Kier alpha value is -0.580. The minimum Gasteiger partial charge on any atom is -0.379 e. The molecule has 0 saturated carbocycles. The molecule has 3 heterocycles. The van der Waals surface area contributed by atoms with E-state index in [0.29, 0.717) is 0 Å². The lowest BCUT2D eigenvalue weighted by molar-refractivity contribution is 0.0394. The van der Waals surface area contributed by atoms with Gasteiger partial charge in [0.1, 0.15) is 0 Å². The first kappa shape index (κ1) is 20.7. The van der Waals surface area contributed by atoms with Gasteiger partial charge < -0.3 is 19.9 Å². The van der Waals surface area contributed by atoms with Crippen LogP contribution in [0.2, 0.25) is 0 Å². The molecule has 0 aromatic carbocycles. The molecule has 2 aliphatic heterocycles. The first-order valence-corrected chi connectivity index (χ1v) is 9.86. The Balaban J connectivity index is 0.00000225. The molecule has 0 atom stereocenters. The van der Waals surface area contributed by atoms with Crippen molar-refractivity contribution in [1.29, 1.82) is 0 Å². The van der Waals surface area contributed by atoms with Gasteiger partial charge >= 0.3 is 0 Å². The van der Waals surface area contributed by atoms with Crippen LogP contribution >= 0.6 is 35.3 Å². The van der Waals surface area contributed by atoms with Crippen molar-refractivity contribution in [2.24, 2.45) is 4.99 Å². The molecule has 2 aliphatic rings. The summed E-state index contributed by atoms with van der Waals surface area (Å²) in [7, 11) is 0.